The van der Waals surface area contributed by atoms with Crippen LogP contribution in [0.5, 0.6) is 0 Å². The van der Waals surface area contributed by atoms with E-state index in [0.717, 1.165) is 37.6 Å². The van der Waals surface area contributed by atoms with Gasteiger partial charge < -0.3 is 10.6 Å². The summed E-state index contributed by atoms with van der Waals surface area (Å²) in [4.78, 5) is 2.25. The molecular formula is C15H22F2N2. The van der Waals surface area contributed by atoms with Crippen molar-refractivity contribution in [3.63, 3.8) is 0 Å². The molecule has 2 N–H and O–H groups in total. The third-order valence-electron chi connectivity index (χ3n) is 4.23. The van der Waals surface area contributed by atoms with Crippen LogP contribution in [-0.2, 0) is 0 Å². The zero-order valence-electron chi connectivity index (χ0n) is 11.6. The molecule has 0 bridgehead atoms. The van der Waals surface area contributed by atoms with E-state index in [1.54, 1.807) is 0 Å². The van der Waals surface area contributed by atoms with Gasteiger partial charge in [-0.1, -0.05) is 13.8 Å². The van der Waals surface area contributed by atoms with E-state index in [0.29, 0.717) is 12.5 Å². The highest BCUT2D eigenvalue weighted by molar-refractivity contribution is 5.22. The quantitative estimate of drug-likeness (QED) is 0.913. The Bertz CT molecular complexity index is 436. The molecule has 0 radical (unpaired) electrons. The smallest absolute Gasteiger partial charge is 0.128 e. The predicted octanol–water partition coefficient (Wildman–Crippen LogP) is 2.94. The molecule has 1 aromatic rings. The van der Waals surface area contributed by atoms with Crippen molar-refractivity contribution in [2.24, 2.45) is 17.6 Å². The molecule has 1 aliphatic heterocycles. The topological polar surface area (TPSA) is 29.3 Å². The van der Waals surface area contributed by atoms with Gasteiger partial charge in [0.1, 0.15) is 11.6 Å². The first-order valence-corrected chi connectivity index (χ1v) is 6.90. The van der Waals surface area contributed by atoms with Gasteiger partial charge in [0.25, 0.3) is 0 Å². The number of benzene rings is 1. The van der Waals surface area contributed by atoms with Crippen molar-refractivity contribution in [3.05, 3.63) is 35.4 Å². The lowest BCUT2D eigenvalue weighted by molar-refractivity contribution is 0.131. The van der Waals surface area contributed by atoms with Crippen molar-refractivity contribution in [3.8, 4) is 0 Å². The first-order chi connectivity index (χ1) is 8.97. The van der Waals surface area contributed by atoms with Gasteiger partial charge in [-0.05, 0) is 43.0 Å². The van der Waals surface area contributed by atoms with Gasteiger partial charge in [0, 0.05) is 24.7 Å². The van der Waals surface area contributed by atoms with Crippen molar-refractivity contribution >= 4 is 0 Å². The van der Waals surface area contributed by atoms with Gasteiger partial charge in [-0.3, -0.25) is 0 Å². The molecule has 1 fully saturated rings. The van der Waals surface area contributed by atoms with Crippen LogP contribution in [-0.4, -0.2) is 24.5 Å². The van der Waals surface area contributed by atoms with Gasteiger partial charge in [-0.15, -0.1) is 0 Å². The van der Waals surface area contributed by atoms with E-state index in [1.165, 1.54) is 6.07 Å². The molecule has 1 aliphatic rings. The summed E-state index contributed by atoms with van der Waals surface area (Å²) in [5.74, 6) is 0.483. The first-order valence-electron chi connectivity index (χ1n) is 6.90. The number of rotatable bonds is 3. The zero-order valence-corrected chi connectivity index (χ0v) is 11.6. The van der Waals surface area contributed by atoms with Gasteiger partial charge in [0.05, 0.1) is 0 Å². The van der Waals surface area contributed by atoms with E-state index in [4.69, 9.17) is 5.73 Å². The van der Waals surface area contributed by atoms with Crippen LogP contribution in [0.2, 0.25) is 0 Å². The molecule has 0 spiro atoms. The minimum atomic E-state index is -0.476. The third-order valence-corrected chi connectivity index (χ3v) is 4.23. The number of hydrogen-bond donors (Lipinski definition) is 1. The van der Waals surface area contributed by atoms with Crippen LogP contribution in [0.25, 0.3) is 0 Å². The minimum Gasteiger partial charge on any atom is -0.323 e. The molecule has 3 atom stereocenters. The Hall–Kier alpha value is -1.00. The van der Waals surface area contributed by atoms with Crippen molar-refractivity contribution in [1.29, 1.82) is 0 Å². The summed E-state index contributed by atoms with van der Waals surface area (Å²) < 4.78 is 26.8. The average Bonchev–Trinajstić information content (AvgIpc) is 2.36. The Kier molecular flexibility index (Phi) is 4.53. The third kappa shape index (κ3) is 3.51. The van der Waals surface area contributed by atoms with Crippen molar-refractivity contribution in [2.75, 3.05) is 19.6 Å². The molecule has 19 heavy (non-hydrogen) atoms. The van der Waals surface area contributed by atoms with Crippen LogP contribution in [0, 0.1) is 23.5 Å². The molecule has 1 saturated heterocycles. The lowest BCUT2D eigenvalue weighted by Gasteiger charge is -2.36. The Morgan fingerprint density at radius 2 is 2.05 bits per heavy atom. The molecule has 2 rings (SSSR count). The molecule has 0 saturated carbocycles. The van der Waals surface area contributed by atoms with E-state index < -0.39 is 17.7 Å². The Balaban J connectivity index is 2.01. The Labute approximate surface area is 113 Å². The van der Waals surface area contributed by atoms with E-state index in [-0.39, 0.29) is 5.56 Å². The van der Waals surface area contributed by atoms with Crippen LogP contribution in [0.15, 0.2) is 18.2 Å². The SMILES string of the molecule is CC1CCN(CC(N)c2cc(F)ccc2F)CC1C. The van der Waals surface area contributed by atoms with E-state index in [2.05, 4.69) is 18.7 Å². The second-order valence-electron chi connectivity index (χ2n) is 5.78. The summed E-state index contributed by atoms with van der Waals surface area (Å²) >= 11 is 0. The zero-order chi connectivity index (χ0) is 14.0. The number of hydrogen-bond acceptors (Lipinski definition) is 2. The van der Waals surface area contributed by atoms with Crippen LogP contribution in [0.1, 0.15) is 31.9 Å². The molecular weight excluding hydrogens is 246 g/mol. The fourth-order valence-corrected chi connectivity index (χ4v) is 2.69. The maximum atomic E-state index is 13.6. The number of likely N-dealkylation sites (tertiary alicyclic amines) is 1. The largest absolute Gasteiger partial charge is 0.323 e. The Morgan fingerprint density at radius 1 is 1.32 bits per heavy atom. The highest BCUT2D eigenvalue weighted by Gasteiger charge is 2.24. The summed E-state index contributed by atoms with van der Waals surface area (Å²) in [7, 11) is 0. The summed E-state index contributed by atoms with van der Waals surface area (Å²) in [5, 5.41) is 0. The van der Waals surface area contributed by atoms with Gasteiger partial charge in [0.2, 0.25) is 0 Å². The monoisotopic (exact) mass is 268 g/mol. The molecule has 0 aliphatic carbocycles. The summed E-state index contributed by atoms with van der Waals surface area (Å²) in [5.41, 5.74) is 6.30. The standard InChI is InChI=1S/C15H22F2N2/c1-10-5-6-19(8-11(10)2)9-15(18)13-7-12(16)3-4-14(13)17/h3-4,7,10-11,15H,5-6,8-9,18H2,1-2H3. The van der Waals surface area contributed by atoms with Crippen molar-refractivity contribution in [2.45, 2.75) is 26.3 Å². The number of halogens is 2. The van der Waals surface area contributed by atoms with E-state index in [9.17, 15) is 8.78 Å². The van der Waals surface area contributed by atoms with E-state index >= 15 is 0 Å². The highest BCUT2D eigenvalue weighted by Crippen LogP contribution is 2.24. The molecule has 4 heteroatoms. The lowest BCUT2D eigenvalue weighted by Crippen LogP contribution is -2.42. The normalized spacial score (nSPS) is 26.4. The van der Waals surface area contributed by atoms with Gasteiger partial charge in [-0.2, -0.15) is 0 Å². The maximum absolute atomic E-state index is 13.6. The summed E-state index contributed by atoms with van der Waals surface area (Å²) in [6.45, 7) is 7.03. The number of piperidine rings is 1. The average molecular weight is 268 g/mol. The van der Waals surface area contributed by atoms with Gasteiger partial charge >= 0.3 is 0 Å². The summed E-state index contributed by atoms with van der Waals surface area (Å²) in [6.07, 6.45) is 1.14. The molecule has 3 unspecified atom stereocenters. The van der Waals surface area contributed by atoms with Crippen LogP contribution in [0.4, 0.5) is 8.78 Å². The second-order valence-corrected chi connectivity index (χ2v) is 5.78. The molecule has 1 aromatic carbocycles. The maximum Gasteiger partial charge on any atom is 0.128 e. The molecule has 0 aromatic heterocycles. The van der Waals surface area contributed by atoms with Crippen LogP contribution < -0.4 is 5.73 Å². The molecule has 2 nitrogen and oxygen atoms in total. The predicted molar refractivity (Wildman–Crippen MR) is 72.7 cm³/mol. The van der Waals surface area contributed by atoms with E-state index in [1.807, 2.05) is 0 Å². The fourth-order valence-electron chi connectivity index (χ4n) is 2.69. The minimum absolute atomic E-state index is 0.270. The summed E-state index contributed by atoms with van der Waals surface area (Å²) in [6, 6.07) is 2.99. The number of nitrogens with two attached hydrogens (primary N) is 1. The molecule has 106 valence electrons. The van der Waals surface area contributed by atoms with Crippen LogP contribution in [0.3, 0.4) is 0 Å². The second kappa shape index (κ2) is 5.97. The van der Waals surface area contributed by atoms with Gasteiger partial charge in [-0.25, -0.2) is 8.78 Å². The number of nitrogens with zero attached hydrogens (tertiary/aromatic N) is 1. The lowest BCUT2D eigenvalue weighted by atomic mass is 9.88. The first kappa shape index (κ1) is 14.4. The van der Waals surface area contributed by atoms with Gasteiger partial charge in [0.15, 0.2) is 0 Å². The van der Waals surface area contributed by atoms with Crippen molar-refractivity contribution < 1.29 is 8.78 Å². The highest BCUT2D eigenvalue weighted by atomic mass is 19.1. The van der Waals surface area contributed by atoms with Crippen LogP contribution >= 0.6 is 0 Å². The van der Waals surface area contributed by atoms with Crippen molar-refractivity contribution in [1.82, 2.24) is 4.90 Å². The molecule has 0 amide bonds. The Morgan fingerprint density at radius 3 is 2.74 bits per heavy atom. The fraction of sp³-hybridized carbons (Fsp3) is 0.600. The molecule has 1 heterocycles.